The Balaban J connectivity index is 2.49. The number of aromatic hydroxyl groups is 1. The van der Waals surface area contributed by atoms with Crippen LogP contribution in [-0.4, -0.2) is 54.2 Å². The largest absolute Gasteiger partial charge is 0.507 e. The molecule has 3 heteroatoms. The molecule has 0 aliphatic heterocycles. The lowest BCUT2D eigenvalue weighted by atomic mass is 9.74. The summed E-state index contributed by atoms with van der Waals surface area (Å²) in [6.07, 6.45) is 9.09. The average molecular weight is 467 g/mol. The Morgan fingerprint density at radius 1 is 0.676 bits per heavy atom. The molecule has 0 aliphatic rings. The number of hydrogen-bond donors (Lipinski definition) is 1. The zero-order chi connectivity index (χ0) is 24.8. The van der Waals surface area contributed by atoms with Gasteiger partial charge in [-0.15, -0.1) is 0 Å². The molecule has 2 aromatic rings. The van der Waals surface area contributed by atoms with Crippen molar-refractivity contribution in [1.82, 2.24) is 9.80 Å². The summed E-state index contributed by atoms with van der Waals surface area (Å²) in [5.74, 6) is 0.370. The molecule has 0 aromatic heterocycles. The van der Waals surface area contributed by atoms with Gasteiger partial charge >= 0.3 is 0 Å². The van der Waals surface area contributed by atoms with Gasteiger partial charge in [-0.1, -0.05) is 110 Å². The normalized spacial score (nSPS) is 12.1. The molecule has 3 nitrogen and oxygen atoms in total. The van der Waals surface area contributed by atoms with Crippen molar-refractivity contribution in [2.24, 2.45) is 0 Å². The third-order valence-corrected chi connectivity index (χ3v) is 7.54. The highest BCUT2D eigenvalue weighted by Crippen LogP contribution is 2.38. The van der Waals surface area contributed by atoms with E-state index in [0.29, 0.717) is 5.75 Å². The van der Waals surface area contributed by atoms with E-state index in [0.717, 1.165) is 50.4 Å². The predicted octanol–water partition coefficient (Wildman–Crippen LogP) is 7.73. The van der Waals surface area contributed by atoms with Crippen molar-refractivity contribution in [2.75, 3.05) is 39.3 Å². The van der Waals surface area contributed by atoms with E-state index in [1.807, 2.05) is 12.1 Å². The molecule has 0 atom stereocenters. The summed E-state index contributed by atoms with van der Waals surface area (Å²) in [6, 6.07) is 16.8. The predicted molar refractivity (Wildman–Crippen MR) is 149 cm³/mol. The second kappa shape index (κ2) is 15.2. The van der Waals surface area contributed by atoms with Gasteiger partial charge in [-0.3, -0.25) is 0 Å². The molecule has 0 spiro atoms. The zero-order valence-electron chi connectivity index (χ0n) is 22.7. The van der Waals surface area contributed by atoms with Gasteiger partial charge in [0.05, 0.1) is 0 Å². The molecule has 0 unspecified atom stereocenters. The van der Waals surface area contributed by atoms with Crippen LogP contribution in [0.25, 0.3) is 11.1 Å². The van der Waals surface area contributed by atoms with Crippen LogP contribution in [0.1, 0.15) is 85.1 Å². The van der Waals surface area contributed by atoms with Gasteiger partial charge < -0.3 is 14.9 Å². The molecule has 0 heterocycles. The van der Waals surface area contributed by atoms with Crippen molar-refractivity contribution in [2.45, 2.75) is 85.0 Å². The smallest absolute Gasteiger partial charge is 0.123 e. The summed E-state index contributed by atoms with van der Waals surface area (Å²) in [7, 11) is 0. The van der Waals surface area contributed by atoms with Crippen LogP contribution in [0.3, 0.4) is 0 Å². The summed E-state index contributed by atoms with van der Waals surface area (Å²) >= 11 is 0. The minimum absolute atomic E-state index is 0.0417. The molecule has 34 heavy (non-hydrogen) atoms. The van der Waals surface area contributed by atoms with Crippen LogP contribution in [0, 0.1) is 0 Å². The van der Waals surface area contributed by atoms with E-state index in [1.165, 1.54) is 50.5 Å². The Labute approximate surface area is 210 Å². The zero-order valence-corrected chi connectivity index (χ0v) is 22.7. The maximum Gasteiger partial charge on any atom is 0.123 e. The molecule has 0 saturated heterocycles. The first-order valence-corrected chi connectivity index (χ1v) is 13.9. The molecule has 0 fully saturated rings. The summed E-state index contributed by atoms with van der Waals surface area (Å²) in [5.41, 5.74) is 3.45. The number of rotatable bonds is 17. The topological polar surface area (TPSA) is 26.7 Å². The van der Waals surface area contributed by atoms with Crippen LogP contribution in [0.2, 0.25) is 0 Å². The number of benzene rings is 2. The van der Waals surface area contributed by atoms with Crippen LogP contribution >= 0.6 is 0 Å². The van der Waals surface area contributed by atoms with Crippen LogP contribution in [0.5, 0.6) is 5.75 Å². The van der Waals surface area contributed by atoms with Crippen LogP contribution in [-0.2, 0) is 5.41 Å². The monoisotopic (exact) mass is 466 g/mol. The number of phenolic OH excluding ortho intramolecular Hbond substituents is 1. The van der Waals surface area contributed by atoms with E-state index in [4.69, 9.17) is 0 Å². The van der Waals surface area contributed by atoms with Crippen LogP contribution < -0.4 is 0 Å². The molecule has 1 N–H and O–H groups in total. The minimum Gasteiger partial charge on any atom is -0.507 e. The van der Waals surface area contributed by atoms with Crippen molar-refractivity contribution in [3.05, 3.63) is 54.1 Å². The van der Waals surface area contributed by atoms with E-state index < -0.39 is 0 Å². The number of hydrogen-bond acceptors (Lipinski definition) is 3. The molecular formula is C31H50N2O. The second-order valence-corrected chi connectivity index (χ2v) is 9.82. The van der Waals surface area contributed by atoms with Gasteiger partial charge in [0.2, 0.25) is 0 Å². The molecule has 2 rings (SSSR count). The van der Waals surface area contributed by atoms with Gasteiger partial charge in [0.15, 0.2) is 0 Å². The Morgan fingerprint density at radius 3 is 1.79 bits per heavy atom. The summed E-state index contributed by atoms with van der Waals surface area (Å²) < 4.78 is 0. The van der Waals surface area contributed by atoms with Gasteiger partial charge in [0.25, 0.3) is 0 Å². The van der Waals surface area contributed by atoms with E-state index in [-0.39, 0.29) is 5.41 Å². The number of unbranched alkanes of at least 4 members (excludes halogenated alkanes) is 5. The maximum atomic E-state index is 10.8. The third-order valence-electron chi connectivity index (χ3n) is 7.54. The molecule has 2 aromatic carbocycles. The standard InChI is InChI=1S/C31H50N2O/c1-6-11-12-13-14-18-23-31(25-32(7-2)8-3,26-33(9-4)10-5)28-21-22-30(34)29(24-28)27-19-16-15-17-20-27/h15-17,19-22,24,34H,6-14,18,23,25-26H2,1-5H3. The molecule has 0 bridgehead atoms. The van der Waals surface area contributed by atoms with Crippen LogP contribution in [0.15, 0.2) is 48.5 Å². The average Bonchev–Trinajstić information content (AvgIpc) is 2.88. The van der Waals surface area contributed by atoms with Gasteiger partial charge in [0, 0.05) is 24.1 Å². The molecule has 0 saturated carbocycles. The molecule has 0 aliphatic carbocycles. The number of nitrogens with zero attached hydrogens (tertiary/aromatic N) is 2. The van der Waals surface area contributed by atoms with Crippen molar-refractivity contribution in [1.29, 1.82) is 0 Å². The molecule has 190 valence electrons. The van der Waals surface area contributed by atoms with Crippen LogP contribution in [0.4, 0.5) is 0 Å². The molecular weight excluding hydrogens is 416 g/mol. The lowest BCUT2D eigenvalue weighted by Gasteiger charge is -2.42. The first-order chi connectivity index (χ1) is 16.5. The lowest BCUT2D eigenvalue weighted by Crippen LogP contribution is -2.49. The van der Waals surface area contributed by atoms with E-state index in [1.54, 1.807) is 0 Å². The highest BCUT2D eigenvalue weighted by molar-refractivity contribution is 5.71. The molecule has 0 radical (unpaired) electrons. The van der Waals surface area contributed by atoms with Gasteiger partial charge in [-0.05, 0) is 55.9 Å². The van der Waals surface area contributed by atoms with Crippen molar-refractivity contribution in [3.8, 4) is 16.9 Å². The van der Waals surface area contributed by atoms with Crippen molar-refractivity contribution in [3.63, 3.8) is 0 Å². The first-order valence-electron chi connectivity index (χ1n) is 13.9. The minimum atomic E-state index is 0.0417. The van der Waals surface area contributed by atoms with Crippen molar-refractivity contribution < 1.29 is 5.11 Å². The fourth-order valence-corrected chi connectivity index (χ4v) is 5.24. The lowest BCUT2D eigenvalue weighted by molar-refractivity contribution is 0.150. The quantitative estimate of drug-likeness (QED) is 0.242. The Kier molecular flexibility index (Phi) is 12.7. The van der Waals surface area contributed by atoms with Crippen molar-refractivity contribution >= 4 is 0 Å². The summed E-state index contributed by atoms with van der Waals surface area (Å²) in [6.45, 7) is 17.8. The summed E-state index contributed by atoms with van der Waals surface area (Å²) in [5, 5.41) is 10.8. The van der Waals surface area contributed by atoms with E-state index in [2.05, 4.69) is 80.8 Å². The van der Waals surface area contributed by atoms with Gasteiger partial charge in [-0.2, -0.15) is 0 Å². The molecule has 0 amide bonds. The Bertz CT molecular complexity index is 782. The number of likely N-dealkylation sites (N-methyl/N-ethyl adjacent to an activating group) is 2. The highest BCUT2D eigenvalue weighted by Gasteiger charge is 2.35. The fraction of sp³-hybridized carbons (Fsp3) is 0.613. The maximum absolute atomic E-state index is 10.8. The van der Waals surface area contributed by atoms with Gasteiger partial charge in [-0.25, -0.2) is 0 Å². The summed E-state index contributed by atoms with van der Waals surface area (Å²) in [4.78, 5) is 5.19. The Hall–Kier alpha value is -1.84. The second-order valence-electron chi connectivity index (χ2n) is 9.82. The Morgan fingerprint density at radius 2 is 1.24 bits per heavy atom. The highest BCUT2D eigenvalue weighted by atomic mass is 16.3. The SMILES string of the molecule is CCCCCCCCC(CN(CC)CC)(CN(CC)CC)c1ccc(O)c(-c2ccccc2)c1. The fourth-order valence-electron chi connectivity index (χ4n) is 5.24. The van der Waals surface area contributed by atoms with Gasteiger partial charge in [0.1, 0.15) is 5.75 Å². The third kappa shape index (κ3) is 8.13. The van der Waals surface area contributed by atoms with E-state index in [9.17, 15) is 5.11 Å². The number of phenols is 1. The van der Waals surface area contributed by atoms with E-state index >= 15 is 0 Å². The first kappa shape index (κ1) is 28.4.